The van der Waals surface area contributed by atoms with Crippen molar-refractivity contribution in [3.8, 4) is 10.4 Å². The molecule has 1 aliphatic rings. The minimum Gasteiger partial charge on any atom is -0.477 e. The first kappa shape index (κ1) is 26.5. The van der Waals surface area contributed by atoms with Gasteiger partial charge in [-0.1, -0.05) is 19.1 Å². The van der Waals surface area contributed by atoms with E-state index in [0.717, 1.165) is 54.8 Å². The molecule has 0 saturated heterocycles. The van der Waals surface area contributed by atoms with Crippen molar-refractivity contribution in [2.24, 2.45) is 11.8 Å². The summed E-state index contributed by atoms with van der Waals surface area (Å²) in [7, 11) is 0. The summed E-state index contributed by atoms with van der Waals surface area (Å²) in [6.07, 6.45) is 5.95. The van der Waals surface area contributed by atoms with E-state index in [4.69, 9.17) is 0 Å². The Bertz CT molecular complexity index is 1300. The molecule has 0 unspecified atom stereocenters. The number of thiophene rings is 1. The number of anilines is 2. The third-order valence-electron chi connectivity index (χ3n) is 6.68. The first-order chi connectivity index (χ1) is 17.6. The summed E-state index contributed by atoms with van der Waals surface area (Å²) in [5, 5.41) is 12.6. The number of aromatic nitrogens is 1. The van der Waals surface area contributed by atoms with Crippen molar-refractivity contribution in [1.29, 1.82) is 0 Å². The molecule has 0 aliphatic heterocycles. The standard InChI is InChI=1S/C28H30FN3O4S/c1-16(2)32(27(34)19-6-4-17(3)5-7-19)23-13-24(37-25(23)28(35)36)18-8-10-22(11-9-18)31-26(33)20-12-21(29)15-30-14-20/h8-17,19H,4-7H2,1-3H3,(H,31,33)(H,35,36)/t17-,19-. The Morgan fingerprint density at radius 2 is 1.76 bits per heavy atom. The van der Waals surface area contributed by atoms with E-state index in [9.17, 15) is 23.9 Å². The SMILES string of the molecule is CC(C)N(c1cc(-c2ccc(NC(=O)c3cncc(F)c3)cc2)sc1C(=O)O)C(=O)[C@H]1CC[C@H](C)CC1. The second kappa shape index (κ2) is 11.2. The molecule has 0 bridgehead atoms. The number of rotatable bonds is 7. The zero-order chi connectivity index (χ0) is 26.7. The highest BCUT2D eigenvalue weighted by Gasteiger charge is 2.33. The molecule has 194 valence electrons. The topological polar surface area (TPSA) is 99.6 Å². The summed E-state index contributed by atoms with van der Waals surface area (Å²) in [5.74, 6) is -1.67. The maximum atomic E-state index is 13.5. The van der Waals surface area contributed by atoms with Crippen LogP contribution in [0.2, 0.25) is 0 Å². The van der Waals surface area contributed by atoms with E-state index in [1.54, 1.807) is 35.2 Å². The number of aromatic carboxylic acids is 1. The molecule has 2 heterocycles. The van der Waals surface area contributed by atoms with Crippen molar-refractivity contribution in [2.45, 2.75) is 52.5 Å². The molecule has 2 aromatic heterocycles. The maximum absolute atomic E-state index is 13.5. The molecule has 37 heavy (non-hydrogen) atoms. The van der Waals surface area contributed by atoms with Gasteiger partial charge in [0.25, 0.3) is 5.91 Å². The first-order valence-corrected chi connectivity index (χ1v) is 13.2. The number of carbonyl (C=O) groups is 3. The normalized spacial score (nSPS) is 17.4. The van der Waals surface area contributed by atoms with Crippen LogP contribution < -0.4 is 10.2 Å². The highest BCUT2D eigenvalue weighted by molar-refractivity contribution is 7.18. The van der Waals surface area contributed by atoms with Gasteiger partial charge >= 0.3 is 5.97 Å². The Morgan fingerprint density at radius 1 is 1.08 bits per heavy atom. The van der Waals surface area contributed by atoms with Gasteiger partial charge in [-0.05, 0) is 75.3 Å². The average molecular weight is 524 g/mol. The molecule has 2 amide bonds. The average Bonchev–Trinajstić information content (AvgIpc) is 3.30. The van der Waals surface area contributed by atoms with E-state index >= 15 is 0 Å². The Balaban J connectivity index is 1.58. The van der Waals surface area contributed by atoms with Crippen LogP contribution >= 0.6 is 11.3 Å². The zero-order valence-corrected chi connectivity index (χ0v) is 21.8. The number of carboxylic acid groups (broad SMARTS) is 1. The minimum absolute atomic E-state index is 0.0151. The Labute approximate surface area is 219 Å². The molecule has 7 nitrogen and oxygen atoms in total. The molecule has 4 rings (SSSR count). The predicted octanol–water partition coefficient (Wildman–Crippen LogP) is 6.47. The molecule has 2 N–H and O–H groups in total. The van der Waals surface area contributed by atoms with Gasteiger partial charge in [-0.25, -0.2) is 9.18 Å². The minimum atomic E-state index is -1.07. The third-order valence-corrected chi connectivity index (χ3v) is 7.84. The number of pyridine rings is 1. The van der Waals surface area contributed by atoms with Crippen molar-refractivity contribution < 1.29 is 23.9 Å². The highest BCUT2D eigenvalue weighted by atomic mass is 32.1. The van der Waals surface area contributed by atoms with E-state index in [1.807, 2.05) is 13.8 Å². The van der Waals surface area contributed by atoms with Gasteiger partial charge < -0.3 is 15.3 Å². The van der Waals surface area contributed by atoms with Gasteiger partial charge in [0, 0.05) is 28.7 Å². The van der Waals surface area contributed by atoms with E-state index in [2.05, 4.69) is 17.2 Å². The quantitative estimate of drug-likeness (QED) is 0.370. The Hall–Kier alpha value is -3.59. The van der Waals surface area contributed by atoms with Crippen LogP contribution in [0.3, 0.4) is 0 Å². The van der Waals surface area contributed by atoms with Crippen LogP contribution in [-0.2, 0) is 4.79 Å². The maximum Gasteiger partial charge on any atom is 0.348 e. The third kappa shape index (κ3) is 6.05. The summed E-state index contributed by atoms with van der Waals surface area (Å²) >= 11 is 1.12. The van der Waals surface area contributed by atoms with Crippen LogP contribution in [0.5, 0.6) is 0 Å². The second-order valence-electron chi connectivity index (χ2n) is 9.81. The number of nitrogens with one attached hydrogen (secondary N) is 1. The van der Waals surface area contributed by atoms with Crippen LogP contribution in [0.25, 0.3) is 10.4 Å². The van der Waals surface area contributed by atoms with E-state index in [0.29, 0.717) is 22.2 Å². The second-order valence-corrected chi connectivity index (χ2v) is 10.9. The van der Waals surface area contributed by atoms with Crippen molar-refractivity contribution in [3.63, 3.8) is 0 Å². The lowest BCUT2D eigenvalue weighted by Gasteiger charge is -2.33. The number of halogens is 1. The lowest BCUT2D eigenvalue weighted by Crippen LogP contribution is -2.42. The van der Waals surface area contributed by atoms with Gasteiger partial charge in [0.15, 0.2) is 0 Å². The monoisotopic (exact) mass is 523 g/mol. The number of carbonyl (C=O) groups excluding carboxylic acids is 2. The molecular weight excluding hydrogens is 493 g/mol. The fourth-order valence-electron chi connectivity index (χ4n) is 4.67. The van der Waals surface area contributed by atoms with E-state index in [-0.39, 0.29) is 28.3 Å². The lowest BCUT2D eigenvalue weighted by molar-refractivity contribution is -0.123. The number of hydrogen-bond donors (Lipinski definition) is 2. The van der Waals surface area contributed by atoms with Gasteiger partial charge in [-0.2, -0.15) is 0 Å². The molecule has 1 saturated carbocycles. The number of carboxylic acids is 1. The van der Waals surface area contributed by atoms with Crippen molar-refractivity contribution in [2.75, 3.05) is 10.2 Å². The molecule has 1 aliphatic carbocycles. The van der Waals surface area contributed by atoms with Crippen LogP contribution in [0.4, 0.5) is 15.8 Å². The van der Waals surface area contributed by atoms with Gasteiger partial charge in [-0.15, -0.1) is 11.3 Å². The largest absolute Gasteiger partial charge is 0.477 e. The smallest absolute Gasteiger partial charge is 0.348 e. The number of nitrogens with zero attached hydrogens (tertiary/aromatic N) is 2. The number of benzene rings is 1. The number of amides is 2. The molecule has 0 radical (unpaired) electrons. The van der Waals surface area contributed by atoms with Crippen LogP contribution in [-0.4, -0.2) is 33.9 Å². The fraction of sp³-hybridized carbons (Fsp3) is 0.357. The Morgan fingerprint density at radius 3 is 2.35 bits per heavy atom. The van der Waals surface area contributed by atoms with Crippen LogP contribution in [0.15, 0.2) is 48.8 Å². The molecule has 0 spiro atoms. The zero-order valence-electron chi connectivity index (χ0n) is 21.0. The van der Waals surface area contributed by atoms with Gasteiger partial charge in [0.2, 0.25) is 5.91 Å². The van der Waals surface area contributed by atoms with Gasteiger partial charge in [0.1, 0.15) is 10.7 Å². The summed E-state index contributed by atoms with van der Waals surface area (Å²) in [6.45, 7) is 6.00. The van der Waals surface area contributed by atoms with E-state index < -0.39 is 17.7 Å². The highest BCUT2D eigenvalue weighted by Crippen LogP contribution is 2.40. The van der Waals surface area contributed by atoms with Crippen LogP contribution in [0.1, 0.15) is 66.5 Å². The summed E-state index contributed by atoms with van der Waals surface area (Å²) in [6, 6.07) is 9.59. The summed E-state index contributed by atoms with van der Waals surface area (Å²) < 4.78 is 13.4. The van der Waals surface area contributed by atoms with Gasteiger partial charge in [-0.3, -0.25) is 14.6 Å². The van der Waals surface area contributed by atoms with Crippen molar-refractivity contribution >= 4 is 40.5 Å². The molecule has 0 atom stereocenters. The Kier molecular flexibility index (Phi) is 8.02. The lowest BCUT2D eigenvalue weighted by atomic mass is 9.82. The fourth-order valence-corrected chi connectivity index (χ4v) is 5.66. The number of hydrogen-bond acceptors (Lipinski definition) is 5. The molecule has 1 fully saturated rings. The van der Waals surface area contributed by atoms with Crippen molar-refractivity contribution in [3.05, 3.63) is 65.0 Å². The van der Waals surface area contributed by atoms with E-state index in [1.165, 1.54) is 6.20 Å². The summed E-state index contributed by atoms with van der Waals surface area (Å²) in [5.41, 5.74) is 1.77. The predicted molar refractivity (Wildman–Crippen MR) is 143 cm³/mol. The molecule has 1 aromatic carbocycles. The van der Waals surface area contributed by atoms with Crippen molar-refractivity contribution in [1.82, 2.24) is 4.98 Å². The van der Waals surface area contributed by atoms with Crippen LogP contribution in [0, 0.1) is 17.7 Å². The molecule has 3 aromatic rings. The van der Waals surface area contributed by atoms with Gasteiger partial charge in [0.05, 0.1) is 17.4 Å². The molecular formula is C28H30FN3O4S. The first-order valence-electron chi connectivity index (χ1n) is 12.4. The molecule has 9 heteroatoms. The summed E-state index contributed by atoms with van der Waals surface area (Å²) in [4.78, 5) is 44.2.